The van der Waals surface area contributed by atoms with E-state index in [1.165, 1.54) is 83.5 Å². The fourth-order valence-electron chi connectivity index (χ4n) is 5.52. The van der Waals surface area contributed by atoms with Crippen molar-refractivity contribution in [2.45, 2.75) is 208 Å². The van der Waals surface area contributed by atoms with E-state index in [-0.39, 0.29) is 31.1 Å². The summed E-state index contributed by atoms with van der Waals surface area (Å²) in [6, 6.07) is 0. The molecule has 0 amide bonds. The van der Waals surface area contributed by atoms with E-state index < -0.39 is 6.10 Å². The van der Waals surface area contributed by atoms with Crippen molar-refractivity contribution in [1.82, 2.24) is 0 Å². The predicted molar refractivity (Wildman–Crippen MR) is 187 cm³/mol. The lowest BCUT2D eigenvalue weighted by Gasteiger charge is -2.18. The Bertz CT molecular complexity index is 689. The molecular weight excluding hydrogens is 564 g/mol. The molecule has 0 unspecified atom stereocenters. The maximum absolute atomic E-state index is 12.5. The van der Waals surface area contributed by atoms with Crippen LogP contribution in [0.2, 0.25) is 0 Å². The number of rotatable bonds is 33. The molecule has 0 N–H and O–H groups in total. The van der Waals surface area contributed by atoms with Gasteiger partial charge >= 0.3 is 17.9 Å². The van der Waals surface area contributed by atoms with Crippen molar-refractivity contribution in [3.8, 4) is 0 Å². The summed E-state index contributed by atoms with van der Waals surface area (Å²) in [6.45, 7) is 11.1. The summed E-state index contributed by atoms with van der Waals surface area (Å²) in [4.78, 5) is 37.2. The van der Waals surface area contributed by atoms with Crippen molar-refractivity contribution in [2.24, 2.45) is 11.8 Å². The average Bonchev–Trinajstić information content (AvgIpc) is 2.99. The largest absolute Gasteiger partial charge is 0.462 e. The summed E-state index contributed by atoms with van der Waals surface area (Å²) in [6.07, 6.45) is 27.0. The predicted octanol–water partition coefficient (Wildman–Crippen LogP) is 11.5. The molecule has 0 rings (SSSR count). The maximum Gasteiger partial charge on any atom is 0.306 e. The Morgan fingerprint density at radius 2 is 0.733 bits per heavy atom. The van der Waals surface area contributed by atoms with E-state index in [0.717, 1.165) is 76.0 Å². The molecular formula is C39H74O6. The second-order valence-electron chi connectivity index (χ2n) is 14.2. The molecule has 0 aliphatic heterocycles. The highest BCUT2D eigenvalue weighted by molar-refractivity contribution is 5.71. The second-order valence-corrected chi connectivity index (χ2v) is 14.2. The molecule has 0 aliphatic carbocycles. The highest BCUT2D eigenvalue weighted by atomic mass is 16.6. The lowest BCUT2D eigenvalue weighted by atomic mass is 10.0. The third kappa shape index (κ3) is 33.6. The van der Waals surface area contributed by atoms with Crippen LogP contribution in [-0.4, -0.2) is 37.2 Å². The zero-order chi connectivity index (χ0) is 33.4. The van der Waals surface area contributed by atoms with Gasteiger partial charge in [0.15, 0.2) is 6.10 Å². The van der Waals surface area contributed by atoms with Crippen LogP contribution in [0.4, 0.5) is 0 Å². The molecule has 0 saturated heterocycles. The molecule has 0 aromatic carbocycles. The van der Waals surface area contributed by atoms with Gasteiger partial charge in [-0.2, -0.15) is 0 Å². The van der Waals surface area contributed by atoms with Crippen molar-refractivity contribution < 1.29 is 28.6 Å². The van der Waals surface area contributed by atoms with Gasteiger partial charge in [0.05, 0.1) is 0 Å². The number of carbonyl (C=O) groups excluding carboxylic acids is 3. The number of unbranched alkanes of at least 4 members (excludes halogenated alkanes) is 18. The van der Waals surface area contributed by atoms with Gasteiger partial charge in [0.25, 0.3) is 0 Å². The van der Waals surface area contributed by atoms with Gasteiger partial charge in [-0.15, -0.1) is 0 Å². The molecule has 0 bridgehead atoms. The fourth-order valence-corrected chi connectivity index (χ4v) is 5.52. The Kier molecular flexibility index (Phi) is 31.2. The lowest BCUT2D eigenvalue weighted by Crippen LogP contribution is -2.30. The zero-order valence-electron chi connectivity index (χ0n) is 30.5. The van der Waals surface area contributed by atoms with Gasteiger partial charge in [0.1, 0.15) is 13.2 Å². The quantitative estimate of drug-likeness (QED) is 0.0404. The van der Waals surface area contributed by atoms with Crippen LogP contribution in [0.3, 0.4) is 0 Å². The van der Waals surface area contributed by atoms with Crippen LogP contribution >= 0.6 is 0 Å². The number of esters is 3. The average molecular weight is 639 g/mol. The summed E-state index contributed by atoms with van der Waals surface area (Å²) < 4.78 is 16.5. The van der Waals surface area contributed by atoms with Crippen LogP contribution in [0.1, 0.15) is 202 Å². The van der Waals surface area contributed by atoms with Crippen molar-refractivity contribution in [3.05, 3.63) is 0 Å². The van der Waals surface area contributed by atoms with Crippen LogP contribution in [0.25, 0.3) is 0 Å². The molecule has 0 heterocycles. The first-order valence-electron chi connectivity index (χ1n) is 19.2. The molecule has 266 valence electrons. The molecule has 0 radical (unpaired) electrons. The molecule has 0 aliphatic rings. The summed E-state index contributed by atoms with van der Waals surface area (Å²) >= 11 is 0. The molecule has 0 aromatic heterocycles. The van der Waals surface area contributed by atoms with Gasteiger partial charge in [-0.1, -0.05) is 163 Å². The topological polar surface area (TPSA) is 78.9 Å². The van der Waals surface area contributed by atoms with Crippen molar-refractivity contribution >= 4 is 17.9 Å². The van der Waals surface area contributed by atoms with Gasteiger partial charge in [-0.25, -0.2) is 0 Å². The molecule has 0 spiro atoms. The molecule has 6 nitrogen and oxygen atoms in total. The van der Waals surface area contributed by atoms with Crippen LogP contribution in [-0.2, 0) is 28.6 Å². The molecule has 0 saturated carbocycles. The van der Waals surface area contributed by atoms with E-state index in [9.17, 15) is 14.4 Å². The van der Waals surface area contributed by atoms with Crippen LogP contribution in [0.15, 0.2) is 0 Å². The highest BCUT2D eigenvalue weighted by Crippen LogP contribution is 2.15. The van der Waals surface area contributed by atoms with Crippen LogP contribution < -0.4 is 0 Å². The SMILES string of the molecule is CCCCCCCC(=O)OC[C@H](COC(=O)CCCCCCCCCCCC(C)C)OC(=O)CCCCCCCCCC(C)C. The van der Waals surface area contributed by atoms with Crippen molar-refractivity contribution in [1.29, 1.82) is 0 Å². The molecule has 0 fully saturated rings. The van der Waals surface area contributed by atoms with Gasteiger partial charge in [0.2, 0.25) is 0 Å². The normalized spacial score (nSPS) is 12.1. The van der Waals surface area contributed by atoms with Crippen LogP contribution in [0, 0.1) is 11.8 Å². The monoisotopic (exact) mass is 639 g/mol. The Balaban J connectivity index is 4.28. The van der Waals surface area contributed by atoms with E-state index >= 15 is 0 Å². The van der Waals surface area contributed by atoms with Gasteiger partial charge in [-0.05, 0) is 31.1 Å². The van der Waals surface area contributed by atoms with Gasteiger partial charge < -0.3 is 14.2 Å². The van der Waals surface area contributed by atoms with E-state index in [1.54, 1.807) is 0 Å². The minimum Gasteiger partial charge on any atom is -0.462 e. The number of ether oxygens (including phenoxy) is 3. The van der Waals surface area contributed by atoms with E-state index in [1.807, 2.05) is 0 Å². The van der Waals surface area contributed by atoms with Gasteiger partial charge in [0, 0.05) is 19.3 Å². The minimum atomic E-state index is -0.757. The summed E-state index contributed by atoms with van der Waals surface area (Å²) in [5.74, 6) is 0.702. The van der Waals surface area contributed by atoms with E-state index in [0.29, 0.717) is 19.3 Å². The second kappa shape index (κ2) is 32.4. The first-order chi connectivity index (χ1) is 21.7. The number of hydrogen-bond donors (Lipinski definition) is 0. The zero-order valence-corrected chi connectivity index (χ0v) is 30.5. The lowest BCUT2D eigenvalue weighted by molar-refractivity contribution is -0.167. The van der Waals surface area contributed by atoms with E-state index in [4.69, 9.17) is 14.2 Å². The third-order valence-corrected chi connectivity index (χ3v) is 8.47. The van der Waals surface area contributed by atoms with Crippen LogP contribution in [0.5, 0.6) is 0 Å². The first-order valence-corrected chi connectivity index (χ1v) is 19.2. The molecule has 0 aromatic rings. The van der Waals surface area contributed by atoms with Gasteiger partial charge in [-0.3, -0.25) is 14.4 Å². The summed E-state index contributed by atoms with van der Waals surface area (Å²) in [5.41, 5.74) is 0. The summed E-state index contributed by atoms with van der Waals surface area (Å²) in [5, 5.41) is 0. The van der Waals surface area contributed by atoms with Crippen molar-refractivity contribution in [2.75, 3.05) is 13.2 Å². The first kappa shape index (κ1) is 43.4. The Labute approximate surface area is 278 Å². The standard InChI is InChI=1S/C39H74O6/c1-6-7-8-17-24-29-37(40)43-32-36(45-39(42)31-26-21-16-12-14-19-23-28-35(4)5)33-44-38(41)30-25-20-15-11-9-10-13-18-22-27-34(2)3/h34-36H,6-33H2,1-5H3/t36-/m1/s1. The molecule has 6 heteroatoms. The minimum absolute atomic E-state index is 0.0679. The summed E-state index contributed by atoms with van der Waals surface area (Å²) in [7, 11) is 0. The Morgan fingerprint density at radius 3 is 1.09 bits per heavy atom. The number of hydrogen-bond acceptors (Lipinski definition) is 6. The fraction of sp³-hybridized carbons (Fsp3) is 0.923. The smallest absolute Gasteiger partial charge is 0.306 e. The molecule has 45 heavy (non-hydrogen) atoms. The van der Waals surface area contributed by atoms with E-state index in [2.05, 4.69) is 34.6 Å². The molecule has 1 atom stereocenters. The Morgan fingerprint density at radius 1 is 0.422 bits per heavy atom. The van der Waals surface area contributed by atoms with Crippen molar-refractivity contribution in [3.63, 3.8) is 0 Å². The third-order valence-electron chi connectivity index (χ3n) is 8.47. The highest BCUT2D eigenvalue weighted by Gasteiger charge is 2.19. The Hall–Kier alpha value is -1.59. The maximum atomic E-state index is 12.5. The number of carbonyl (C=O) groups is 3.